The molecule has 3 rings (SSSR count). The van der Waals surface area contributed by atoms with E-state index in [0.717, 1.165) is 42.5 Å². The predicted molar refractivity (Wildman–Crippen MR) is 99.5 cm³/mol. The zero-order valence-electron chi connectivity index (χ0n) is 15.7. The molecule has 0 aliphatic carbocycles. The van der Waals surface area contributed by atoms with Gasteiger partial charge in [-0.3, -0.25) is 4.90 Å². The van der Waals surface area contributed by atoms with Crippen LogP contribution >= 0.6 is 0 Å². The third kappa shape index (κ3) is 4.31. The van der Waals surface area contributed by atoms with Crippen LogP contribution in [-0.4, -0.2) is 45.5 Å². The smallest absolute Gasteiger partial charge is 0.225 e. The summed E-state index contributed by atoms with van der Waals surface area (Å²) in [6.07, 6.45) is 9.41. The van der Waals surface area contributed by atoms with Gasteiger partial charge < -0.3 is 4.90 Å². The van der Waals surface area contributed by atoms with Gasteiger partial charge >= 0.3 is 0 Å². The molecule has 1 atom stereocenters. The summed E-state index contributed by atoms with van der Waals surface area (Å²) in [5, 5.41) is 0. The van der Waals surface area contributed by atoms with Crippen LogP contribution in [0.3, 0.4) is 0 Å². The molecule has 6 heteroatoms. The number of hydrogen-bond donors (Lipinski definition) is 0. The Morgan fingerprint density at radius 3 is 2.60 bits per heavy atom. The molecule has 0 unspecified atom stereocenters. The lowest BCUT2D eigenvalue weighted by Crippen LogP contribution is -2.33. The van der Waals surface area contributed by atoms with Gasteiger partial charge in [0, 0.05) is 50.7 Å². The van der Waals surface area contributed by atoms with Crippen molar-refractivity contribution in [2.75, 3.05) is 25.5 Å². The molecule has 0 amide bonds. The van der Waals surface area contributed by atoms with Crippen LogP contribution in [0.2, 0.25) is 0 Å². The Bertz CT molecular complexity index is 683. The maximum Gasteiger partial charge on any atom is 0.225 e. The molecule has 3 heterocycles. The summed E-state index contributed by atoms with van der Waals surface area (Å²) in [5.74, 6) is 2.04. The van der Waals surface area contributed by atoms with E-state index in [2.05, 4.69) is 33.7 Å². The SMILES string of the molecule is CC(C)c1ncc(CN2CCCC[C@@H]2c2ccnc(N(C)C)n2)cn1. The number of aromatic nitrogens is 4. The lowest BCUT2D eigenvalue weighted by atomic mass is 9.98. The van der Waals surface area contributed by atoms with E-state index >= 15 is 0 Å². The molecule has 0 spiro atoms. The summed E-state index contributed by atoms with van der Waals surface area (Å²) >= 11 is 0. The third-order valence-corrected chi connectivity index (χ3v) is 4.65. The lowest BCUT2D eigenvalue weighted by Gasteiger charge is -2.35. The third-order valence-electron chi connectivity index (χ3n) is 4.65. The lowest BCUT2D eigenvalue weighted by molar-refractivity contribution is 0.137. The van der Waals surface area contributed by atoms with Gasteiger partial charge in [-0.05, 0) is 25.5 Å². The van der Waals surface area contributed by atoms with Gasteiger partial charge in [0.15, 0.2) is 0 Å². The molecule has 25 heavy (non-hydrogen) atoms. The number of likely N-dealkylation sites (tertiary alicyclic amines) is 1. The molecule has 6 nitrogen and oxygen atoms in total. The van der Waals surface area contributed by atoms with Gasteiger partial charge in [0.2, 0.25) is 5.95 Å². The predicted octanol–water partition coefficient (Wildman–Crippen LogP) is 3.18. The molecule has 1 fully saturated rings. The van der Waals surface area contributed by atoms with E-state index in [9.17, 15) is 0 Å². The Hall–Kier alpha value is -2.08. The zero-order chi connectivity index (χ0) is 17.8. The maximum absolute atomic E-state index is 4.77. The summed E-state index contributed by atoms with van der Waals surface area (Å²) in [5.41, 5.74) is 2.27. The van der Waals surface area contributed by atoms with Crippen molar-refractivity contribution in [3.63, 3.8) is 0 Å². The summed E-state index contributed by atoms with van der Waals surface area (Å²) in [4.78, 5) is 22.6. The van der Waals surface area contributed by atoms with Crippen LogP contribution in [0.5, 0.6) is 0 Å². The van der Waals surface area contributed by atoms with Gasteiger partial charge in [-0.1, -0.05) is 20.3 Å². The maximum atomic E-state index is 4.77. The van der Waals surface area contributed by atoms with E-state index in [4.69, 9.17) is 4.98 Å². The molecule has 2 aromatic rings. The Morgan fingerprint density at radius 2 is 1.92 bits per heavy atom. The van der Waals surface area contributed by atoms with Crippen molar-refractivity contribution in [3.05, 3.63) is 41.7 Å². The van der Waals surface area contributed by atoms with Crippen molar-refractivity contribution < 1.29 is 0 Å². The van der Waals surface area contributed by atoms with E-state index in [-0.39, 0.29) is 0 Å². The Balaban J connectivity index is 1.78. The minimum atomic E-state index is 0.334. The van der Waals surface area contributed by atoms with Crippen molar-refractivity contribution in [3.8, 4) is 0 Å². The number of anilines is 1. The first-order chi connectivity index (χ1) is 12.0. The average Bonchev–Trinajstić information content (AvgIpc) is 2.63. The van der Waals surface area contributed by atoms with Crippen molar-refractivity contribution in [2.24, 2.45) is 0 Å². The second kappa shape index (κ2) is 7.87. The molecule has 1 saturated heterocycles. The van der Waals surface area contributed by atoms with Crippen LogP contribution in [0.25, 0.3) is 0 Å². The van der Waals surface area contributed by atoms with Crippen LogP contribution in [0.1, 0.15) is 62.2 Å². The molecule has 0 aromatic carbocycles. The van der Waals surface area contributed by atoms with Crippen LogP contribution in [0.4, 0.5) is 5.95 Å². The monoisotopic (exact) mass is 340 g/mol. The normalized spacial score (nSPS) is 18.5. The summed E-state index contributed by atoms with van der Waals surface area (Å²) in [6, 6.07) is 2.38. The van der Waals surface area contributed by atoms with Crippen LogP contribution in [-0.2, 0) is 6.54 Å². The van der Waals surface area contributed by atoms with Gasteiger partial charge in [0.25, 0.3) is 0 Å². The first-order valence-electron chi connectivity index (χ1n) is 9.09. The van der Waals surface area contributed by atoms with E-state index in [1.165, 1.54) is 12.8 Å². The van der Waals surface area contributed by atoms with Crippen LogP contribution in [0.15, 0.2) is 24.7 Å². The molecule has 0 radical (unpaired) electrons. The first-order valence-corrected chi connectivity index (χ1v) is 9.09. The number of rotatable bonds is 5. The quantitative estimate of drug-likeness (QED) is 0.833. The highest BCUT2D eigenvalue weighted by Crippen LogP contribution is 2.31. The van der Waals surface area contributed by atoms with Gasteiger partial charge in [-0.15, -0.1) is 0 Å². The molecule has 1 aliphatic heterocycles. The van der Waals surface area contributed by atoms with E-state index in [1.807, 2.05) is 43.7 Å². The molecule has 2 aromatic heterocycles. The van der Waals surface area contributed by atoms with Gasteiger partial charge in [0.1, 0.15) is 5.82 Å². The Kier molecular flexibility index (Phi) is 5.58. The Morgan fingerprint density at radius 1 is 1.16 bits per heavy atom. The Labute approximate surface area is 150 Å². The summed E-state index contributed by atoms with van der Waals surface area (Å²) in [7, 11) is 3.96. The molecule has 134 valence electrons. The van der Waals surface area contributed by atoms with Crippen LogP contribution in [0, 0.1) is 0 Å². The van der Waals surface area contributed by atoms with Crippen molar-refractivity contribution in [1.29, 1.82) is 0 Å². The molecule has 0 saturated carbocycles. The fraction of sp³-hybridized carbons (Fsp3) is 0.579. The molecular weight excluding hydrogens is 312 g/mol. The molecule has 0 bridgehead atoms. The summed E-state index contributed by atoms with van der Waals surface area (Å²) < 4.78 is 0. The first kappa shape index (κ1) is 17.7. The van der Waals surface area contributed by atoms with E-state index in [1.54, 1.807) is 0 Å². The van der Waals surface area contributed by atoms with Gasteiger partial charge in [0.05, 0.1) is 11.7 Å². The number of hydrogen-bond acceptors (Lipinski definition) is 6. The fourth-order valence-electron chi connectivity index (χ4n) is 3.26. The summed E-state index contributed by atoms with van der Waals surface area (Å²) in [6.45, 7) is 6.18. The van der Waals surface area contributed by atoms with Gasteiger partial charge in [-0.25, -0.2) is 19.9 Å². The second-order valence-electron chi connectivity index (χ2n) is 7.26. The zero-order valence-corrected chi connectivity index (χ0v) is 15.7. The molecular formula is C19H28N6. The fourth-order valence-corrected chi connectivity index (χ4v) is 3.26. The highest BCUT2D eigenvalue weighted by Gasteiger charge is 2.25. The van der Waals surface area contributed by atoms with Gasteiger partial charge in [-0.2, -0.15) is 0 Å². The highest BCUT2D eigenvalue weighted by atomic mass is 15.2. The highest BCUT2D eigenvalue weighted by molar-refractivity contribution is 5.28. The number of nitrogens with zero attached hydrogens (tertiary/aromatic N) is 6. The molecule has 1 aliphatic rings. The number of piperidine rings is 1. The molecule has 0 N–H and O–H groups in total. The van der Waals surface area contributed by atoms with Crippen LogP contribution < -0.4 is 4.90 Å². The standard InChI is InChI=1S/C19H28N6/c1-14(2)18-21-11-15(12-22-18)13-25-10-6-5-7-17(25)16-8-9-20-19(23-16)24(3)4/h8-9,11-12,14,17H,5-7,10,13H2,1-4H3/t17-/m1/s1. The minimum Gasteiger partial charge on any atom is -0.347 e. The average molecular weight is 340 g/mol. The van der Waals surface area contributed by atoms with Crippen molar-refractivity contribution in [1.82, 2.24) is 24.8 Å². The second-order valence-corrected chi connectivity index (χ2v) is 7.26. The van der Waals surface area contributed by atoms with Crippen molar-refractivity contribution in [2.45, 2.75) is 51.6 Å². The van der Waals surface area contributed by atoms with Crippen molar-refractivity contribution >= 4 is 5.95 Å². The minimum absolute atomic E-state index is 0.334. The topological polar surface area (TPSA) is 58.0 Å². The van der Waals surface area contributed by atoms with E-state index < -0.39 is 0 Å². The van der Waals surface area contributed by atoms with E-state index in [0.29, 0.717) is 12.0 Å². The largest absolute Gasteiger partial charge is 0.347 e.